The first-order chi connectivity index (χ1) is 8.92. The number of rotatable bonds is 3. The minimum Gasteiger partial charge on any atom is -0.474 e. The van der Waals surface area contributed by atoms with Crippen LogP contribution in [0.15, 0.2) is 35.4 Å². The van der Waals surface area contributed by atoms with Gasteiger partial charge in [-0.25, -0.2) is 9.97 Å². The molecular weight excluding hydrogens is 230 g/mol. The highest BCUT2D eigenvalue weighted by Gasteiger charge is 2.15. The van der Waals surface area contributed by atoms with Gasteiger partial charge in [-0.1, -0.05) is 0 Å². The lowest BCUT2D eigenvalue weighted by Crippen LogP contribution is -2.34. The minimum atomic E-state index is 0.248. The Morgan fingerprint density at radius 1 is 1.28 bits per heavy atom. The molecule has 0 radical (unpaired) electrons. The number of nitrogens with one attached hydrogen (secondary N) is 1. The molecule has 2 aromatic heterocycles. The molecule has 18 heavy (non-hydrogen) atoms. The molecule has 0 spiro atoms. The first kappa shape index (κ1) is 11.2. The van der Waals surface area contributed by atoms with E-state index >= 15 is 0 Å². The molecule has 3 rings (SSSR count). The van der Waals surface area contributed by atoms with Crippen molar-refractivity contribution in [2.24, 2.45) is 0 Å². The van der Waals surface area contributed by atoms with E-state index in [-0.39, 0.29) is 6.10 Å². The van der Waals surface area contributed by atoms with Gasteiger partial charge in [-0.3, -0.25) is 0 Å². The maximum Gasteiger partial charge on any atom is 0.217 e. The largest absolute Gasteiger partial charge is 0.474 e. The fourth-order valence-corrected chi connectivity index (χ4v) is 2.06. The van der Waals surface area contributed by atoms with Crippen LogP contribution in [0, 0.1) is 0 Å². The summed E-state index contributed by atoms with van der Waals surface area (Å²) < 4.78 is 10.9. The summed E-state index contributed by atoms with van der Waals surface area (Å²) in [5.41, 5.74) is 1.76. The summed E-state index contributed by atoms with van der Waals surface area (Å²) in [6.07, 6.45) is 7.11. The highest BCUT2D eigenvalue weighted by molar-refractivity contribution is 5.57. The van der Waals surface area contributed by atoms with Crippen LogP contribution in [0.3, 0.4) is 0 Å². The summed E-state index contributed by atoms with van der Waals surface area (Å²) >= 11 is 0. The van der Waals surface area contributed by atoms with Crippen molar-refractivity contribution in [1.29, 1.82) is 0 Å². The van der Waals surface area contributed by atoms with Crippen molar-refractivity contribution in [3.05, 3.63) is 31.0 Å². The van der Waals surface area contributed by atoms with Crippen molar-refractivity contribution >= 4 is 0 Å². The monoisotopic (exact) mass is 245 g/mol. The van der Waals surface area contributed by atoms with Crippen molar-refractivity contribution in [1.82, 2.24) is 15.3 Å². The smallest absolute Gasteiger partial charge is 0.217 e. The van der Waals surface area contributed by atoms with E-state index in [0.717, 1.165) is 37.2 Å². The van der Waals surface area contributed by atoms with Crippen LogP contribution in [0.1, 0.15) is 12.8 Å². The number of furan rings is 1. The molecule has 5 nitrogen and oxygen atoms in total. The molecule has 0 atom stereocenters. The molecule has 1 fully saturated rings. The second-order valence-corrected chi connectivity index (χ2v) is 4.32. The average molecular weight is 245 g/mol. The molecular formula is C13H15N3O2. The lowest BCUT2D eigenvalue weighted by atomic mass is 10.1. The third-order valence-electron chi connectivity index (χ3n) is 3.03. The Morgan fingerprint density at radius 2 is 2.17 bits per heavy atom. The molecule has 0 amide bonds. The third kappa shape index (κ3) is 2.51. The van der Waals surface area contributed by atoms with Crippen molar-refractivity contribution in [2.45, 2.75) is 18.9 Å². The van der Waals surface area contributed by atoms with Crippen molar-refractivity contribution in [3.63, 3.8) is 0 Å². The van der Waals surface area contributed by atoms with Crippen LogP contribution < -0.4 is 10.1 Å². The number of hydrogen-bond donors (Lipinski definition) is 1. The summed E-state index contributed by atoms with van der Waals surface area (Å²) in [5.74, 6) is 0.633. The van der Waals surface area contributed by atoms with Gasteiger partial charge < -0.3 is 14.5 Å². The number of hydrogen-bond acceptors (Lipinski definition) is 5. The van der Waals surface area contributed by atoms with Gasteiger partial charge in [0.25, 0.3) is 0 Å². The van der Waals surface area contributed by atoms with E-state index in [9.17, 15) is 0 Å². The van der Waals surface area contributed by atoms with Gasteiger partial charge in [0.15, 0.2) is 0 Å². The summed E-state index contributed by atoms with van der Waals surface area (Å²) in [4.78, 5) is 8.37. The van der Waals surface area contributed by atoms with E-state index in [1.807, 2.05) is 12.1 Å². The quantitative estimate of drug-likeness (QED) is 0.894. The molecule has 0 saturated carbocycles. The van der Waals surface area contributed by atoms with E-state index in [2.05, 4.69) is 15.3 Å². The molecule has 3 heterocycles. The summed E-state index contributed by atoms with van der Waals surface area (Å²) in [6, 6.07) is 3.73. The number of nitrogens with zero attached hydrogens (tertiary/aromatic N) is 2. The molecule has 0 unspecified atom stereocenters. The van der Waals surface area contributed by atoms with Crippen LogP contribution in [0.5, 0.6) is 5.88 Å². The fraction of sp³-hybridized carbons (Fsp3) is 0.385. The summed E-state index contributed by atoms with van der Waals surface area (Å²) in [6.45, 7) is 2.01. The van der Waals surface area contributed by atoms with Crippen molar-refractivity contribution in [3.8, 4) is 17.1 Å². The molecule has 1 aliphatic rings. The van der Waals surface area contributed by atoms with Crippen LogP contribution in [-0.4, -0.2) is 29.2 Å². The second-order valence-electron chi connectivity index (χ2n) is 4.32. The second kappa shape index (κ2) is 5.18. The van der Waals surface area contributed by atoms with Crippen LogP contribution >= 0.6 is 0 Å². The molecule has 5 heteroatoms. The Bertz CT molecular complexity index is 493. The van der Waals surface area contributed by atoms with E-state index in [4.69, 9.17) is 9.15 Å². The SMILES string of the molecule is c1nc(OC2CCNCC2)cc(-c2ccoc2)n1. The van der Waals surface area contributed by atoms with E-state index in [1.165, 1.54) is 6.33 Å². The molecule has 94 valence electrons. The predicted molar refractivity (Wildman–Crippen MR) is 66.3 cm³/mol. The molecule has 0 bridgehead atoms. The topological polar surface area (TPSA) is 60.2 Å². The third-order valence-corrected chi connectivity index (χ3v) is 3.03. The Labute approximate surface area is 105 Å². The van der Waals surface area contributed by atoms with Crippen molar-refractivity contribution in [2.75, 3.05) is 13.1 Å². The van der Waals surface area contributed by atoms with Gasteiger partial charge in [-0.15, -0.1) is 0 Å². The van der Waals surface area contributed by atoms with Gasteiger partial charge in [-0.05, 0) is 32.0 Å². The van der Waals surface area contributed by atoms with Crippen LogP contribution in [0.25, 0.3) is 11.3 Å². The zero-order valence-corrected chi connectivity index (χ0v) is 10.0. The van der Waals surface area contributed by atoms with Crippen LogP contribution in [0.4, 0.5) is 0 Å². The summed E-state index contributed by atoms with van der Waals surface area (Å²) in [5, 5.41) is 3.31. The van der Waals surface area contributed by atoms with E-state index < -0.39 is 0 Å². The number of piperidine rings is 1. The van der Waals surface area contributed by atoms with Crippen molar-refractivity contribution < 1.29 is 9.15 Å². The Kier molecular flexibility index (Phi) is 3.23. The molecule has 2 aromatic rings. The van der Waals surface area contributed by atoms with Gasteiger partial charge in [0, 0.05) is 11.6 Å². The Hall–Kier alpha value is -1.88. The zero-order valence-electron chi connectivity index (χ0n) is 10.0. The van der Waals surface area contributed by atoms with Crippen LogP contribution in [0.2, 0.25) is 0 Å². The summed E-state index contributed by atoms with van der Waals surface area (Å²) in [7, 11) is 0. The number of ether oxygens (including phenoxy) is 1. The lowest BCUT2D eigenvalue weighted by Gasteiger charge is -2.23. The highest BCUT2D eigenvalue weighted by Crippen LogP contribution is 2.21. The highest BCUT2D eigenvalue weighted by atomic mass is 16.5. The predicted octanol–water partition coefficient (Wildman–Crippen LogP) is 1.87. The molecule has 1 N–H and O–H groups in total. The molecule has 0 aliphatic carbocycles. The van der Waals surface area contributed by atoms with E-state index in [1.54, 1.807) is 12.5 Å². The maximum absolute atomic E-state index is 5.87. The minimum absolute atomic E-state index is 0.248. The zero-order chi connectivity index (χ0) is 12.2. The van der Waals surface area contributed by atoms with Gasteiger partial charge in [0.2, 0.25) is 5.88 Å². The maximum atomic E-state index is 5.87. The van der Waals surface area contributed by atoms with Gasteiger partial charge in [0.05, 0.1) is 18.2 Å². The lowest BCUT2D eigenvalue weighted by molar-refractivity contribution is 0.156. The number of aromatic nitrogens is 2. The molecule has 1 saturated heterocycles. The first-order valence-corrected chi connectivity index (χ1v) is 6.14. The fourth-order valence-electron chi connectivity index (χ4n) is 2.06. The van der Waals surface area contributed by atoms with E-state index in [0.29, 0.717) is 5.88 Å². The Balaban J connectivity index is 1.74. The molecule has 0 aromatic carbocycles. The van der Waals surface area contributed by atoms with Gasteiger partial charge in [-0.2, -0.15) is 0 Å². The normalized spacial score (nSPS) is 16.7. The molecule has 1 aliphatic heterocycles. The Morgan fingerprint density at radius 3 is 2.94 bits per heavy atom. The first-order valence-electron chi connectivity index (χ1n) is 6.14. The average Bonchev–Trinajstić information content (AvgIpc) is 2.94. The standard InChI is InChI=1S/C13H15N3O2/c1-4-14-5-2-11(1)18-13-7-12(15-9-16-13)10-3-6-17-8-10/h3,6-9,11,14H,1-2,4-5H2. The van der Waals surface area contributed by atoms with Gasteiger partial charge in [0.1, 0.15) is 12.4 Å². The van der Waals surface area contributed by atoms with Gasteiger partial charge >= 0.3 is 0 Å². The van der Waals surface area contributed by atoms with Crippen LogP contribution in [-0.2, 0) is 0 Å².